The molecule has 0 spiro atoms. The molecule has 0 heterocycles. The van der Waals surface area contributed by atoms with E-state index in [9.17, 15) is 9.59 Å². The lowest BCUT2D eigenvalue weighted by Gasteiger charge is -2.08. The van der Waals surface area contributed by atoms with Crippen LogP contribution in [0.1, 0.15) is 58.3 Å². The molecule has 182 valence electrons. The number of esters is 2. The smallest absolute Gasteiger partial charge is 0.330 e. The number of hydrogen-bond acceptors (Lipinski definition) is 8. The highest BCUT2D eigenvalue weighted by Gasteiger charge is 2.02. The second-order valence-corrected chi connectivity index (χ2v) is 6.91. The van der Waals surface area contributed by atoms with Gasteiger partial charge < -0.3 is 28.4 Å². The average molecular weight is 447 g/mol. The van der Waals surface area contributed by atoms with Crippen LogP contribution in [0.2, 0.25) is 0 Å². The maximum absolute atomic E-state index is 11.6. The summed E-state index contributed by atoms with van der Waals surface area (Å²) in [6.45, 7) is 9.40. The van der Waals surface area contributed by atoms with E-state index in [1.165, 1.54) is 32.1 Å². The Kier molecular flexibility index (Phi) is 23.6. The Morgan fingerprint density at radius 2 is 1.03 bits per heavy atom. The molecule has 8 heteroatoms. The van der Waals surface area contributed by atoms with Crippen molar-refractivity contribution in [2.24, 2.45) is 0 Å². The summed E-state index contributed by atoms with van der Waals surface area (Å²) >= 11 is 0. The van der Waals surface area contributed by atoms with Gasteiger partial charge >= 0.3 is 11.9 Å². The number of rotatable bonds is 24. The van der Waals surface area contributed by atoms with Crippen LogP contribution in [0.4, 0.5) is 0 Å². The van der Waals surface area contributed by atoms with E-state index in [1.807, 2.05) is 0 Å². The number of ether oxygens (including phenoxy) is 6. The molecule has 0 unspecified atom stereocenters. The Labute approximate surface area is 187 Å². The van der Waals surface area contributed by atoms with Gasteiger partial charge in [0, 0.05) is 12.5 Å². The molecular formula is C23H42O8. The van der Waals surface area contributed by atoms with Crippen LogP contribution in [0.5, 0.6) is 0 Å². The zero-order valence-electron chi connectivity index (χ0n) is 19.3. The Balaban J connectivity index is 3.15. The van der Waals surface area contributed by atoms with Gasteiger partial charge in [0.05, 0.1) is 52.9 Å². The van der Waals surface area contributed by atoms with Crippen molar-refractivity contribution in [1.82, 2.24) is 0 Å². The van der Waals surface area contributed by atoms with Gasteiger partial charge in [-0.25, -0.2) is 4.79 Å². The summed E-state index contributed by atoms with van der Waals surface area (Å²) in [5.41, 5.74) is 0. The minimum atomic E-state index is -0.458. The predicted octanol–water partition coefficient (Wildman–Crippen LogP) is 3.47. The molecule has 0 aromatic rings. The molecule has 0 saturated heterocycles. The molecule has 0 aliphatic rings. The fourth-order valence-electron chi connectivity index (χ4n) is 2.53. The lowest BCUT2D eigenvalue weighted by atomic mass is 10.1. The first-order chi connectivity index (χ1) is 15.2. The molecule has 0 saturated carbocycles. The van der Waals surface area contributed by atoms with Crippen molar-refractivity contribution in [1.29, 1.82) is 0 Å². The fourth-order valence-corrected chi connectivity index (χ4v) is 2.53. The first-order valence-electron chi connectivity index (χ1n) is 11.5. The van der Waals surface area contributed by atoms with Gasteiger partial charge in [0.2, 0.25) is 0 Å². The van der Waals surface area contributed by atoms with Crippen LogP contribution in [-0.4, -0.2) is 78.0 Å². The van der Waals surface area contributed by atoms with Crippen molar-refractivity contribution in [3.05, 3.63) is 12.7 Å². The molecule has 0 fully saturated rings. The van der Waals surface area contributed by atoms with Crippen LogP contribution in [0.25, 0.3) is 0 Å². The summed E-state index contributed by atoms with van der Waals surface area (Å²) in [6, 6.07) is 0. The fraction of sp³-hybridized carbons (Fsp3) is 0.826. The summed E-state index contributed by atoms with van der Waals surface area (Å²) in [7, 11) is 0. The Morgan fingerprint density at radius 1 is 0.613 bits per heavy atom. The van der Waals surface area contributed by atoms with E-state index in [-0.39, 0.29) is 19.2 Å². The van der Waals surface area contributed by atoms with Gasteiger partial charge in [0.1, 0.15) is 13.2 Å². The highest BCUT2D eigenvalue weighted by Crippen LogP contribution is 2.08. The lowest BCUT2D eigenvalue weighted by molar-refractivity contribution is -0.145. The molecule has 31 heavy (non-hydrogen) atoms. The van der Waals surface area contributed by atoms with Crippen LogP contribution in [0.3, 0.4) is 0 Å². The van der Waals surface area contributed by atoms with Gasteiger partial charge in [-0.05, 0) is 6.42 Å². The maximum atomic E-state index is 11.6. The number of carbonyl (C=O) groups excluding carboxylic acids is 2. The van der Waals surface area contributed by atoms with Crippen molar-refractivity contribution in [3.8, 4) is 0 Å². The van der Waals surface area contributed by atoms with Gasteiger partial charge in [0.15, 0.2) is 0 Å². The zero-order chi connectivity index (χ0) is 22.8. The third-order valence-electron chi connectivity index (χ3n) is 4.23. The molecule has 0 N–H and O–H groups in total. The minimum Gasteiger partial charge on any atom is -0.463 e. The van der Waals surface area contributed by atoms with Crippen molar-refractivity contribution in [2.75, 3.05) is 66.1 Å². The third kappa shape index (κ3) is 24.7. The highest BCUT2D eigenvalue weighted by atomic mass is 16.6. The standard InChI is InChI=1S/C23H42O8/c1-3-5-6-7-8-9-10-11-23(25)31-21-19-29-17-15-27-13-12-26-14-16-28-18-20-30-22(24)4-2/h4H,2-3,5-21H2,1H3. The maximum Gasteiger partial charge on any atom is 0.330 e. The number of hydrogen-bond donors (Lipinski definition) is 0. The van der Waals surface area contributed by atoms with E-state index in [4.69, 9.17) is 28.4 Å². The monoisotopic (exact) mass is 446 g/mol. The van der Waals surface area contributed by atoms with E-state index < -0.39 is 5.97 Å². The van der Waals surface area contributed by atoms with Crippen LogP contribution in [0.15, 0.2) is 12.7 Å². The normalized spacial score (nSPS) is 10.7. The first-order valence-corrected chi connectivity index (χ1v) is 11.5. The average Bonchev–Trinajstić information content (AvgIpc) is 2.77. The van der Waals surface area contributed by atoms with Gasteiger partial charge in [0.25, 0.3) is 0 Å². The molecule has 0 aromatic carbocycles. The summed E-state index contributed by atoms with van der Waals surface area (Å²) in [6.07, 6.45) is 9.91. The summed E-state index contributed by atoms with van der Waals surface area (Å²) in [5.74, 6) is -0.604. The number of carbonyl (C=O) groups is 2. The Morgan fingerprint density at radius 3 is 1.52 bits per heavy atom. The van der Waals surface area contributed by atoms with Crippen LogP contribution < -0.4 is 0 Å². The van der Waals surface area contributed by atoms with Gasteiger partial charge in [-0.1, -0.05) is 52.0 Å². The highest BCUT2D eigenvalue weighted by molar-refractivity contribution is 5.81. The summed E-state index contributed by atoms with van der Waals surface area (Å²) in [4.78, 5) is 22.4. The van der Waals surface area contributed by atoms with E-state index in [1.54, 1.807) is 0 Å². The molecule has 8 nitrogen and oxygen atoms in total. The molecule has 0 aliphatic carbocycles. The topological polar surface area (TPSA) is 89.5 Å². The zero-order valence-corrected chi connectivity index (χ0v) is 19.3. The van der Waals surface area contributed by atoms with Gasteiger partial charge in [-0.15, -0.1) is 0 Å². The van der Waals surface area contributed by atoms with E-state index in [0.717, 1.165) is 18.9 Å². The molecule has 0 radical (unpaired) electrons. The largest absolute Gasteiger partial charge is 0.463 e. The third-order valence-corrected chi connectivity index (χ3v) is 4.23. The van der Waals surface area contributed by atoms with Crippen molar-refractivity contribution >= 4 is 11.9 Å². The van der Waals surface area contributed by atoms with Crippen LogP contribution in [0, 0.1) is 0 Å². The first kappa shape index (κ1) is 29.5. The van der Waals surface area contributed by atoms with E-state index in [0.29, 0.717) is 59.3 Å². The van der Waals surface area contributed by atoms with Gasteiger partial charge in [-0.3, -0.25) is 4.79 Å². The van der Waals surface area contributed by atoms with Crippen LogP contribution in [-0.2, 0) is 38.0 Å². The molecule has 0 aromatic heterocycles. The van der Waals surface area contributed by atoms with Crippen molar-refractivity contribution in [2.45, 2.75) is 58.3 Å². The predicted molar refractivity (Wildman–Crippen MR) is 118 cm³/mol. The molecule has 0 aliphatic heterocycles. The summed E-state index contributed by atoms with van der Waals surface area (Å²) < 4.78 is 31.2. The van der Waals surface area contributed by atoms with E-state index in [2.05, 4.69) is 13.5 Å². The molecule has 0 bridgehead atoms. The molecular weight excluding hydrogens is 404 g/mol. The summed E-state index contributed by atoms with van der Waals surface area (Å²) in [5, 5.41) is 0. The van der Waals surface area contributed by atoms with Crippen molar-refractivity contribution in [3.63, 3.8) is 0 Å². The molecule has 0 atom stereocenters. The minimum absolute atomic E-state index is 0.146. The Bertz CT molecular complexity index is 428. The van der Waals surface area contributed by atoms with Crippen LogP contribution >= 0.6 is 0 Å². The SMILES string of the molecule is C=CC(=O)OCCOCCOCCOCCOCCOC(=O)CCCCCCCCC. The Hall–Kier alpha value is -1.48. The van der Waals surface area contributed by atoms with Gasteiger partial charge in [-0.2, -0.15) is 0 Å². The van der Waals surface area contributed by atoms with E-state index >= 15 is 0 Å². The quantitative estimate of drug-likeness (QED) is 0.126. The second-order valence-electron chi connectivity index (χ2n) is 6.91. The molecule has 0 rings (SSSR count). The lowest BCUT2D eigenvalue weighted by Crippen LogP contribution is -2.15. The van der Waals surface area contributed by atoms with Crippen molar-refractivity contribution < 1.29 is 38.0 Å². The second kappa shape index (κ2) is 24.8. The number of unbranched alkanes of at least 4 members (excludes halogenated alkanes) is 6. The molecule has 0 amide bonds.